The summed E-state index contributed by atoms with van der Waals surface area (Å²) in [6.07, 6.45) is 3.61. The van der Waals surface area contributed by atoms with E-state index in [4.69, 9.17) is 28.9 Å². The van der Waals surface area contributed by atoms with E-state index in [2.05, 4.69) is 9.88 Å². The molecule has 3 nitrogen and oxygen atoms in total. The van der Waals surface area contributed by atoms with Gasteiger partial charge in [-0.05, 0) is 50.9 Å². The lowest BCUT2D eigenvalue weighted by Gasteiger charge is -2.31. The molecule has 0 atom stereocenters. The molecule has 100 valence electrons. The maximum absolute atomic E-state index is 6.09. The third-order valence-corrected chi connectivity index (χ3v) is 4.11. The highest BCUT2D eigenvalue weighted by Gasteiger charge is 2.19. The lowest BCUT2D eigenvalue weighted by atomic mass is 9.93. The van der Waals surface area contributed by atoms with Crippen LogP contribution < -0.4 is 5.73 Å². The quantitative estimate of drug-likeness (QED) is 0.866. The van der Waals surface area contributed by atoms with Gasteiger partial charge in [0, 0.05) is 12.1 Å². The highest BCUT2D eigenvalue weighted by Crippen LogP contribution is 2.23. The van der Waals surface area contributed by atoms with Crippen LogP contribution in [-0.4, -0.2) is 29.5 Å². The molecule has 1 aromatic heterocycles. The molecule has 0 radical (unpaired) electrons. The first kappa shape index (κ1) is 14.1. The van der Waals surface area contributed by atoms with Crippen LogP contribution in [0.1, 0.15) is 24.8 Å². The van der Waals surface area contributed by atoms with Crippen molar-refractivity contribution in [2.45, 2.75) is 25.8 Å². The van der Waals surface area contributed by atoms with Gasteiger partial charge in [0.05, 0.1) is 0 Å². The van der Waals surface area contributed by atoms with Gasteiger partial charge in [-0.3, -0.25) is 4.90 Å². The molecule has 1 aliphatic rings. The van der Waals surface area contributed by atoms with E-state index in [1.54, 1.807) is 6.07 Å². The Bertz CT molecular complexity index is 390. The Kier molecular flexibility index (Phi) is 5.25. The van der Waals surface area contributed by atoms with Crippen molar-refractivity contribution in [3.8, 4) is 0 Å². The number of likely N-dealkylation sites (tertiary alicyclic amines) is 1. The molecule has 0 bridgehead atoms. The summed E-state index contributed by atoms with van der Waals surface area (Å²) in [4.78, 5) is 6.49. The highest BCUT2D eigenvalue weighted by atomic mass is 35.5. The lowest BCUT2D eigenvalue weighted by molar-refractivity contribution is 0.173. The summed E-state index contributed by atoms with van der Waals surface area (Å²) in [7, 11) is 0. The molecule has 0 aromatic carbocycles. The number of pyridine rings is 1. The standard InChI is InChI=1S/C13H19Cl2N3/c14-12-2-1-11(13(15)17-12)9-18-7-4-10(3-6-16)5-8-18/h1-2,10H,3-9,16H2. The van der Waals surface area contributed by atoms with Crippen LogP contribution in [0.2, 0.25) is 10.3 Å². The number of hydrogen-bond acceptors (Lipinski definition) is 3. The van der Waals surface area contributed by atoms with Gasteiger partial charge in [-0.25, -0.2) is 4.98 Å². The fraction of sp³-hybridized carbons (Fsp3) is 0.615. The highest BCUT2D eigenvalue weighted by molar-refractivity contribution is 6.32. The summed E-state index contributed by atoms with van der Waals surface area (Å²) in [5.74, 6) is 0.796. The minimum atomic E-state index is 0.449. The van der Waals surface area contributed by atoms with E-state index in [9.17, 15) is 0 Å². The lowest BCUT2D eigenvalue weighted by Crippen LogP contribution is -2.34. The molecule has 2 rings (SSSR count). The van der Waals surface area contributed by atoms with E-state index in [0.29, 0.717) is 10.3 Å². The van der Waals surface area contributed by atoms with Crippen molar-refractivity contribution < 1.29 is 0 Å². The van der Waals surface area contributed by atoms with Gasteiger partial charge in [-0.2, -0.15) is 0 Å². The van der Waals surface area contributed by atoms with Crippen LogP contribution in [0.4, 0.5) is 0 Å². The summed E-state index contributed by atoms with van der Waals surface area (Å²) < 4.78 is 0. The molecule has 0 spiro atoms. The van der Waals surface area contributed by atoms with Crippen LogP contribution in [-0.2, 0) is 6.54 Å². The van der Waals surface area contributed by atoms with Gasteiger partial charge in [0.1, 0.15) is 10.3 Å². The SMILES string of the molecule is NCCC1CCN(Cc2ccc(Cl)nc2Cl)CC1. The first-order chi connectivity index (χ1) is 8.69. The molecular formula is C13H19Cl2N3. The number of aromatic nitrogens is 1. The van der Waals surface area contributed by atoms with Crippen LogP contribution in [0.5, 0.6) is 0 Å². The van der Waals surface area contributed by atoms with Crippen LogP contribution >= 0.6 is 23.2 Å². The number of halogens is 2. The van der Waals surface area contributed by atoms with Gasteiger partial charge in [-0.15, -0.1) is 0 Å². The topological polar surface area (TPSA) is 42.1 Å². The van der Waals surface area contributed by atoms with Crippen LogP contribution in [0.3, 0.4) is 0 Å². The summed E-state index contributed by atoms with van der Waals surface area (Å²) in [6, 6.07) is 3.76. The number of rotatable bonds is 4. The van der Waals surface area contributed by atoms with Crippen molar-refractivity contribution in [1.82, 2.24) is 9.88 Å². The Hall–Kier alpha value is -0.350. The molecule has 1 fully saturated rings. The molecule has 0 saturated carbocycles. The molecule has 2 heterocycles. The van der Waals surface area contributed by atoms with Gasteiger partial charge in [0.25, 0.3) is 0 Å². The maximum atomic E-state index is 6.09. The molecule has 1 aromatic rings. The second-order valence-electron chi connectivity index (χ2n) is 4.88. The first-order valence-corrected chi connectivity index (χ1v) is 7.18. The van der Waals surface area contributed by atoms with E-state index >= 15 is 0 Å². The molecule has 18 heavy (non-hydrogen) atoms. The molecule has 0 amide bonds. The average molecular weight is 288 g/mol. The van der Waals surface area contributed by atoms with E-state index in [0.717, 1.165) is 44.1 Å². The van der Waals surface area contributed by atoms with E-state index < -0.39 is 0 Å². The first-order valence-electron chi connectivity index (χ1n) is 6.42. The van der Waals surface area contributed by atoms with Crippen LogP contribution in [0.25, 0.3) is 0 Å². The Morgan fingerprint density at radius 2 is 2.00 bits per heavy atom. The van der Waals surface area contributed by atoms with Crippen LogP contribution in [0.15, 0.2) is 12.1 Å². The van der Waals surface area contributed by atoms with Crippen molar-refractivity contribution in [3.05, 3.63) is 28.0 Å². The van der Waals surface area contributed by atoms with Gasteiger partial charge >= 0.3 is 0 Å². The zero-order valence-corrected chi connectivity index (χ0v) is 11.9. The summed E-state index contributed by atoms with van der Waals surface area (Å²) in [5.41, 5.74) is 6.65. The fourth-order valence-corrected chi connectivity index (χ4v) is 2.87. The minimum Gasteiger partial charge on any atom is -0.330 e. The third kappa shape index (κ3) is 3.82. The Morgan fingerprint density at radius 1 is 1.28 bits per heavy atom. The summed E-state index contributed by atoms with van der Waals surface area (Å²) in [5, 5.41) is 0.969. The number of hydrogen-bond donors (Lipinski definition) is 1. The molecule has 0 unspecified atom stereocenters. The number of nitrogens with two attached hydrogens (primary N) is 1. The van der Waals surface area contributed by atoms with E-state index in [1.807, 2.05) is 6.07 Å². The zero-order chi connectivity index (χ0) is 13.0. The van der Waals surface area contributed by atoms with E-state index in [1.165, 1.54) is 12.8 Å². The molecule has 1 aliphatic heterocycles. The summed E-state index contributed by atoms with van der Waals surface area (Å²) in [6.45, 7) is 3.89. The predicted molar refractivity (Wildman–Crippen MR) is 75.9 cm³/mol. The average Bonchev–Trinajstić information content (AvgIpc) is 2.35. The van der Waals surface area contributed by atoms with Gasteiger partial charge < -0.3 is 5.73 Å². The van der Waals surface area contributed by atoms with Gasteiger partial charge in [0.15, 0.2) is 0 Å². The van der Waals surface area contributed by atoms with Gasteiger partial charge in [0.2, 0.25) is 0 Å². The molecule has 0 aliphatic carbocycles. The largest absolute Gasteiger partial charge is 0.330 e. The maximum Gasteiger partial charge on any atom is 0.135 e. The van der Waals surface area contributed by atoms with E-state index in [-0.39, 0.29) is 0 Å². The van der Waals surface area contributed by atoms with Crippen molar-refractivity contribution in [3.63, 3.8) is 0 Å². The van der Waals surface area contributed by atoms with Crippen molar-refractivity contribution >= 4 is 23.2 Å². The second kappa shape index (κ2) is 6.71. The Morgan fingerprint density at radius 3 is 2.61 bits per heavy atom. The second-order valence-corrected chi connectivity index (χ2v) is 5.63. The molecular weight excluding hydrogens is 269 g/mol. The Balaban J connectivity index is 1.87. The zero-order valence-electron chi connectivity index (χ0n) is 10.4. The Labute approximate surface area is 118 Å². The van der Waals surface area contributed by atoms with Gasteiger partial charge in [-0.1, -0.05) is 29.3 Å². The fourth-order valence-electron chi connectivity index (χ4n) is 2.47. The smallest absolute Gasteiger partial charge is 0.135 e. The van der Waals surface area contributed by atoms with Crippen molar-refractivity contribution in [2.24, 2.45) is 11.7 Å². The molecule has 2 N–H and O–H groups in total. The molecule has 1 saturated heterocycles. The van der Waals surface area contributed by atoms with Crippen molar-refractivity contribution in [1.29, 1.82) is 0 Å². The number of nitrogens with zero attached hydrogens (tertiary/aromatic N) is 2. The summed E-state index contributed by atoms with van der Waals surface area (Å²) >= 11 is 11.9. The molecule has 5 heteroatoms. The van der Waals surface area contributed by atoms with Crippen LogP contribution in [0, 0.1) is 5.92 Å². The monoisotopic (exact) mass is 287 g/mol. The predicted octanol–water partition coefficient (Wildman–Crippen LogP) is 2.95. The van der Waals surface area contributed by atoms with Crippen molar-refractivity contribution in [2.75, 3.05) is 19.6 Å². The normalized spacial score (nSPS) is 18.2. The third-order valence-electron chi connectivity index (χ3n) is 3.57. The minimum absolute atomic E-state index is 0.449. The number of piperidine rings is 1.